The Morgan fingerprint density at radius 3 is 2.08 bits per heavy atom. The number of rotatable bonds is 9. The van der Waals surface area contributed by atoms with Crippen LogP contribution in [-0.4, -0.2) is 36.3 Å². The molecular formula is C20H26ClN3O2. The van der Waals surface area contributed by atoms with E-state index in [4.69, 9.17) is 5.73 Å². The first-order valence-electron chi connectivity index (χ1n) is 8.51. The van der Waals surface area contributed by atoms with Gasteiger partial charge < -0.3 is 16.0 Å². The molecule has 0 unspecified atom stereocenters. The first-order chi connectivity index (χ1) is 12.2. The van der Waals surface area contributed by atoms with Crippen molar-refractivity contribution in [3.63, 3.8) is 0 Å². The molecule has 0 radical (unpaired) electrons. The first-order valence-corrected chi connectivity index (χ1v) is 8.51. The van der Waals surface area contributed by atoms with Crippen molar-refractivity contribution in [2.24, 2.45) is 5.73 Å². The third-order valence-corrected chi connectivity index (χ3v) is 3.85. The van der Waals surface area contributed by atoms with Crippen LogP contribution < -0.4 is 11.1 Å². The molecule has 2 aromatic carbocycles. The first kappa shape index (κ1) is 21.7. The second-order valence-electron chi connectivity index (χ2n) is 5.88. The van der Waals surface area contributed by atoms with Gasteiger partial charge in [-0.1, -0.05) is 60.7 Å². The highest BCUT2D eigenvalue weighted by atomic mass is 35.5. The van der Waals surface area contributed by atoms with Gasteiger partial charge >= 0.3 is 0 Å². The molecule has 140 valence electrons. The standard InChI is InChI=1S/C20H25N3O2.ClH/c21-12-7-13-23(16-18-10-5-2-6-11-18)20(25)15-22-19(24)14-17-8-3-1-4-9-17;/h1-6,8-11H,7,12-16,21H2,(H,22,24);1H. The molecule has 2 amide bonds. The highest BCUT2D eigenvalue weighted by Crippen LogP contribution is 2.05. The van der Waals surface area contributed by atoms with E-state index in [9.17, 15) is 9.59 Å². The highest BCUT2D eigenvalue weighted by Gasteiger charge is 2.14. The van der Waals surface area contributed by atoms with Crippen LogP contribution in [0.25, 0.3) is 0 Å². The van der Waals surface area contributed by atoms with Gasteiger partial charge in [-0.05, 0) is 24.1 Å². The zero-order valence-electron chi connectivity index (χ0n) is 14.8. The van der Waals surface area contributed by atoms with E-state index in [0.717, 1.165) is 17.5 Å². The topological polar surface area (TPSA) is 75.4 Å². The fourth-order valence-electron chi connectivity index (χ4n) is 2.51. The Morgan fingerprint density at radius 1 is 0.923 bits per heavy atom. The van der Waals surface area contributed by atoms with Crippen LogP contribution in [0, 0.1) is 0 Å². The summed E-state index contributed by atoms with van der Waals surface area (Å²) in [5.41, 5.74) is 7.56. The van der Waals surface area contributed by atoms with Gasteiger partial charge in [-0.3, -0.25) is 9.59 Å². The third kappa shape index (κ3) is 7.68. The summed E-state index contributed by atoms with van der Waals surface area (Å²) in [4.78, 5) is 26.2. The molecule has 0 heterocycles. The number of nitrogens with zero attached hydrogens (tertiary/aromatic N) is 1. The Bertz CT molecular complexity index is 665. The molecule has 26 heavy (non-hydrogen) atoms. The molecule has 0 saturated heterocycles. The van der Waals surface area contributed by atoms with Gasteiger partial charge in [0.1, 0.15) is 0 Å². The molecule has 6 heteroatoms. The van der Waals surface area contributed by atoms with E-state index in [-0.39, 0.29) is 37.2 Å². The summed E-state index contributed by atoms with van der Waals surface area (Å²) in [7, 11) is 0. The monoisotopic (exact) mass is 375 g/mol. The number of amides is 2. The molecule has 5 nitrogen and oxygen atoms in total. The van der Waals surface area contributed by atoms with Gasteiger partial charge in [0.15, 0.2) is 0 Å². The lowest BCUT2D eigenvalue weighted by Crippen LogP contribution is -2.41. The lowest BCUT2D eigenvalue weighted by molar-refractivity contribution is -0.133. The van der Waals surface area contributed by atoms with E-state index in [1.54, 1.807) is 4.90 Å². The number of hydrogen-bond acceptors (Lipinski definition) is 3. The Kier molecular flexibility index (Phi) is 10.1. The molecule has 0 aromatic heterocycles. The van der Waals surface area contributed by atoms with Crippen molar-refractivity contribution < 1.29 is 9.59 Å². The molecule has 3 N–H and O–H groups in total. The maximum absolute atomic E-state index is 12.5. The summed E-state index contributed by atoms with van der Waals surface area (Å²) in [6.45, 7) is 1.63. The van der Waals surface area contributed by atoms with Gasteiger partial charge in [-0.15, -0.1) is 12.4 Å². The molecule has 0 saturated carbocycles. The number of nitrogens with one attached hydrogen (secondary N) is 1. The second-order valence-corrected chi connectivity index (χ2v) is 5.88. The predicted molar refractivity (Wildman–Crippen MR) is 106 cm³/mol. The Morgan fingerprint density at radius 2 is 1.50 bits per heavy atom. The molecule has 0 aliphatic carbocycles. The minimum absolute atomic E-state index is 0. The smallest absolute Gasteiger partial charge is 0.242 e. The normalized spacial score (nSPS) is 9.88. The average Bonchev–Trinajstić information content (AvgIpc) is 2.65. The van der Waals surface area contributed by atoms with Crippen LogP contribution in [0.2, 0.25) is 0 Å². The molecule has 0 aliphatic rings. The molecule has 0 fully saturated rings. The number of halogens is 1. The van der Waals surface area contributed by atoms with Crippen LogP contribution in [0.1, 0.15) is 17.5 Å². The van der Waals surface area contributed by atoms with Gasteiger partial charge in [-0.25, -0.2) is 0 Å². The summed E-state index contributed by atoms with van der Waals surface area (Å²) >= 11 is 0. The second kappa shape index (κ2) is 12.1. The van der Waals surface area contributed by atoms with Crippen molar-refractivity contribution in [1.82, 2.24) is 10.2 Å². The fourth-order valence-corrected chi connectivity index (χ4v) is 2.51. The largest absolute Gasteiger partial charge is 0.347 e. The van der Waals surface area contributed by atoms with Crippen molar-refractivity contribution in [3.05, 3.63) is 71.8 Å². The Labute approximate surface area is 161 Å². The van der Waals surface area contributed by atoms with Crippen molar-refractivity contribution in [3.8, 4) is 0 Å². The third-order valence-electron chi connectivity index (χ3n) is 3.85. The fraction of sp³-hybridized carbons (Fsp3) is 0.300. The summed E-state index contributed by atoms with van der Waals surface area (Å²) in [6.07, 6.45) is 1.01. The maximum Gasteiger partial charge on any atom is 0.242 e. The van der Waals surface area contributed by atoms with Gasteiger partial charge in [-0.2, -0.15) is 0 Å². The van der Waals surface area contributed by atoms with Crippen molar-refractivity contribution >= 4 is 24.2 Å². The zero-order chi connectivity index (χ0) is 17.9. The molecule has 0 spiro atoms. The van der Waals surface area contributed by atoms with E-state index in [1.165, 1.54) is 0 Å². The van der Waals surface area contributed by atoms with Crippen LogP contribution >= 0.6 is 12.4 Å². The van der Waals surface area contributed by atoms with E-state index < -0.39 is 0 Å². The quantitative estimate of drug-likeness (QED) is 0.705. The lowest BCUT2D eigenvalue weighted by atomic mass is 10.1. The maximum atomic E-state index is 12.5. The van der Waals surface area contributed by atoms with Crippen LogP contribution in [0.4, 0.5) is 0 Å². The minimum atomic E-state index is -0.155. The minimum Gasteiger partial charge on any atom is -0.347 e. The zero-order valence-corrected chi connectivity index (χ0v) is 15.6. The van der Waals surface area contributed by atoms with Gasteiger partial charge in [0.25, 0.3) is 0 Å². The molecule has 0 bridgehead atoms. The molecular weight excluding hydrogens is 350 g/mol. The molecule has 2 aromatic rings. The van der Waals surface area contributed by atoms with E-state index in [1.807, 2.05) is 60.7 Å². The van der Waals surface area contributed by atoms with Gasteiger partial charge in [0.05, 0.1) is 13.0 Å². The van der Waals surface area contributed by atoms with Crippen molar-refractivity contribution in [2.45, 2.75) is 19.4 Å². The number of carbonyl (C=O) groups excluding carboxylic acids is 2. The van der Waals surface area contributed by atoms with Crippen molar-refractivity contribution in [1.29, 1.82) is 0 Å². The van der Waals surface area contributed by atoms with Crippen molar-refractivity contribution in [2.75, 3.05) is 19.6 Å². The molecule has 0 atom stereocenters. The average molecular weight is 376 g/mol. The number of carbonyl (C=O) groups is 2. The van der Waals surface area contributed by atoms with E-state index in [0.29, 0.717) is 19.6 Å². The van der Waals surface area contributed by atoms with Crippen LogP contribution in [0.5, 0.6) is 0 Å². The summed E-state index contributed by atoms with van der Waals surface area (Å²) in [5, 5.41) is 2.71. The van der Waals surface area contributed by atoms with Gasteiger partial charge in [0, 0.05) is 13.1 Å². The molecule has 0 aliphatic heterocycles. The predicted octanol–water partition coefficient (Wildman–Crippen LogP) is 2.14. The van der Waals surface area contributed by atoms with Crippen LogP contribution in [0.15, 0.2) is 60.7 Å². The van der Waals surface area contributed by atoms with E-state index in [2.05, 4.69) is 5.32 Å². The summed E-state index contributed by atoms with van der Waals surface area (Å²) in [5.74, 6) is -0.253. The number of nitrogens with two attached hydrogens (primary N) is 1. The Balaban J connectivity index is 0.00000338. The number of hydrogen-bond donors (Lipinski definition) is 2. The highest BCUT2D eigenvalue weighted by molar-refractivity contribution is 5.86. The SMILES string of the molecule is Cl.NCCCN(Cc1ccccc1)C(=O)CNC(=O)Cc1ccccc1. The Hall–Kier alpha value is -2.37. The lowest BCUT2D eigenvalue weighted by Gasteiger charge is -2.23. The van der Waals surface area contributed by atoms with Crippen LogP contribution in [-0.2, 0) is 22.6 Å². The number of benzene rings is 2. The van der Waals surface area contributed by atoms with Crippen LogP contribution in [0.3, 0.4) is 0 Å². The molecule has 2 rings (SSSR count). The summed E-state index contributed by atoms with van der Waals surface area (Å²) < 4.78 is 0. The van der Waals surface area contributed by atoms with Gasteiger partial charge in [0.2, 0.25) is 11.8 Å². The summed E-state index contributed by atoms with van der Waals surface area (Å²) in [6, 6.07) is 19.3. The van der Waals surface area contributed by atoms with E-state index >= 15 is 0 Å².